The average Bonchev–Trinajstić information content (AvgIpc) is 2.85. The summed E-state index contributed by atoms with van der Waals surface area (Å²) in [5, 5.41) is 6.43. The van der Waals surface area contributed by atoms with E-state index in [0.717, 1.165) is 16.4 Å². The maximum absolute atomic E-state index is 11.7. The number of hydrogen-bond donors (Lipinski definition) is 1. The van der Waals surface area contributed by atoms with E-state index in [1.807, 2.05) is 61.3 Å². The van der Waals surface area contributed by atoms with E-state index >= 15 is 0 Å². The normalized spacial score (nSPS) is 11.9. The molecular formula is C15H19N2O2S+. The molecule has 0 saturated carbocycles. The second-order valence-electron chi connectivity index (χ2n) is 4.54. The quantitative estimate of drug-likeness (QED) is 0.680. The molecular weight excluding hydrogens is 272 g/mol. The van der Waals surface area contributed by atoms with Crippen LogP contribution in [0.1, 0.15) is 25.3 Å². The lowest BCUT2D eigenvalue weighted by molar-refractivity contribution is -0.652. The molecule has 1 atom stereocenters. The second kappa shape index (κ2) is 6.52. The topological polar surface area (TPSA) is 42.2 Å². The van der Waals surface area contributed by atoms with Crippen molar-refractivity contribution in [3.8, 4) is 0 Å². The first kappa shape index (κ1) is 14.5. The molecule has 1 N–H and O–H groups in total. The minimum Gasteiger partial charge on any atom is -0.466 e. The summed E-state index contributed by atoms with van der Waals surface area (Å²) in [5.74, 6) is -0.417. The molecule has 2 aromatic rings. The van der Waals surface area contributed by atoms with Gasteiger partial charge >= 0.3 is 11.1 Å². The molecule has 1 unspecified atom stereocenters. The van der Waals surface area contributed by atoms with Crippen LogP contribution in [0, 0.1) is 0 Å². The largest absolute Gasteiger partial charge is 0.466 e. The lowest BCUT2D eigenvalue weighted by Gasteiger charge is -2.10. The number of esters is 1. The van der Waals surface area contributed by atoms with Gasteiger partial charge in [0.1, 0.15) is 11.9 Å². The van der Waals surface area contributed by atoms with E-state index in [1.165, 1.54) is 0 Å². The Kier molecular flexibility index (Phi) is 4.74. The SMILES string of the molecule is CCOC(=O)C(C)c1ccc(Nc2scc[n+]2C)cc1. The third kappa shape index (κ3) is 3.36. The van der Waals surface area contributed by atoms with Crippen molar-refractivity contribution in [1.29, 1.82) is 0 Å². The second-order valence-corrected chi connectivity index (χ2v) is 5.43. The van der Waals surface area contributed by atoms with E-state index in [1.54, 1.807) is 11.3 Å². The number of nitrogens with one attached hydrogen (secondary N) is 1. The first-order chi connectivity index (χ1) is 9.61. The zero-order valence-corrected chi connectivity index (χ0v) is 12.7. The molecule has 0 saturated heterocycles. The lowest BCUT2D eigenvalue weighted by atomic mass is 10.0. The Bertz CT molecular complexity index is 578. The number of hydrogen-bond acceptors (Lipinski definition) is 4. The van der Waals surface area contributed by atoms with Crippen molar-refractivity contribution in [2.24, 2.45) is 7.05 Å². The number of ether oxygens (including phenoxy) is 1. The van der Waals surface area contributed by atoms with Gasteiger partial charge in [0.05, 0.1) is 19.6 Å². The van der Waals surface area contributed by atoms with Crippen LogP contribution in [0.5, 0.6) is 0 Å². The fraction of sp³-hybridized carbons (Fsp3) is 0.333. The molecule has 0 radical (unpaired) electrons. The van der Waals surface area contributed by atoms with Crippen molar-refractivity contribution in [3.63, 3.8) is 0 Å². The Hall–Kier alpha value is -1.88. The van der Waals surface area contributed by atoms with Gasteiger partial charge in [-0.05, 0) is 31.5 Å². The van der Waals surface area contributed by atoms with Crippen molar-refractivity contribution in [3.05, 3.63) is 41.4 Å². The monoisotopic (exact) mass is 291 g/mol. The van der Waals surface area contributed by atoms with Crippen molar-refractivity contribution < 1.29 is 14.1 Å². The average molecular weight is 291 g/mol. The number of thiazole rings is 1. The van der Waals surface area contributed by atoms with Crippen molar-refractivity contribution in [2.45, 2.75) is 19.8 Å². The molecule has 0 aliphatic carbocycles. The molecule has 4 nitrogen and oxygen atoms in total. The van der Waals surface area contributed by atoms with E-state index < -0.39 is 0 Å². The van der Waals surface area contributed by atoms with Gasteiger partial charge in [0.2, 0.25) is 0 Å². The molecule has 5 heteroatoms. The summed E-state index contributed by atoms with van der Waals surface area (Å²) < 4.78 is 7.06. The predicted octanol–water partition coefficient (Wildman–Crippen LogP) is 2.98. The summed E-state index contributed by atoms with van der Waals surface area (Å²) in [5.41, 5.74) is 1.97. The summed E-state index contributed by atoms with van der Waals surface area (Å²) in [4.78, 5) is 11.7. The standard InChI is InChI=1S/C15H18N2O2S/c1-4-19-14(18)11(2)12-5-7-13(8-6-12)16-15-17(3)9-10-20-15/h5-11H,4H2,1-3H3/p+1. The van der Waals surface area contributed by atoms with Crippen LogP contribution in [0.15, 0.2) is 35.8 Å². The first-order valence-corrected chi connectivity index (χ1v) is 7.46. The first-order valence-electron chi connectivity index (χ1n) is 6.58. The van der Waals surface area contributed by atoms with Crippen LogP contribution in [0.3, 0.4) is 0 Å². The Morgan fingerprint density at radius 1 is 1.40 bits per heavy atom. The van der Waals surface area contributed by atoms with Crippen LogP contribution in [0.2, 0.25) is 0 Å². The van der Waals surface area contributed by atoms with Crippen LogP contribution in [0.25, 0.3) is 0 Å². The highest BCUT2D eigenvalue weighted by Gasteiger charge is 2.16. The third-order valence-corrected chi connectivity index (χ3v) is 3.96. The van der Waals surface area contributed by atoms with E-state index in [-0.39, 0.29) is 11.9 Å². The minimum absolute atomic E-state index is 0.183. The summed E-state index contributed by atoms with van der Waals surface area (Å²) in [6.07, 6.45) is 2.00. The number of carbonyl (C=O) groups is 1. The lowest BCUT2D eigenvalue weighted by Crippen LogP contribution is -2.27. The molecule has 106 valence electrons. The summed E-state index contributed by atoms with van der Waals surface area (Å²) in [7, 11) is 2.00. The maximum atomic E-state index is 11.7. The fourth-order valence-electron chi connectivity index (χ4n) is 1.84. The third-order valence-electron chi connectivity index (χ3n) is 3.09. The Morgan fingerprint density at radius 3 is 2.65 bits per heavy atom. The molecule has 0 amide bonds. The van der Waals surface area contributed by atoms with Gasteiger partial charge in [0.25, 0.3) is 0 Å². The zero-order chi connectivity index (χ0) is 14.5. The number of carbonyl (C=O) groups excluding carboxylic acids is 1. The molecule has 0 aliphatic rings. The maximum Gasteiger partial charge on any atom is 0.338 e. The van der Waals surface area contributed by atoms with Gasteiger partial charge in [0, 0.05) is 5.38 Å². The number of benzene rings is 1. The molecule has 1 aromatic heterocycles. The smallest absolute Gasteiger partial charge is 0.338 e. The van der Waals surface area contributed by atoms with E-state index in [0.29, 0.717) is 6.61 Å². The molecule has 0 spiro atoms. The van der Waals surface area contributed by atoms with E-state index in [9.17, 15) is 4.79 Å². The number of anilines is 2. The van der Waals surface area contributed by atoms with Crippen molar-refractivity contribution in [2.75, 3.05) is 11.9 Å². The molecule has 0 aliphatic heterocycles. The van der Waals surface area contributed by atoms with Gasteiger partial charge in [-0.15, -0.1) is 0 Å². The Balaban J connectivity index is 2.06. The number of aromatic nitrogens is 1. The van der Waals surface area contributed by atoms with Crippen LogP contribution in [0.4, 0.5) is 10.8 Å². The van der Waals surface area contributed by atoms with Crippen molar-refractivity contribution in [1.82, 2.24) is 0 Å². The number of rotatable bonds is 5. The predicted molar refractivity (Wildman–Crippen MR) is 80.3 cm³/mol. The zero-order valence-electron chi connectivity index (χ0n) is 11.9. The van der Waals surface area contributed by atoms with Gasteiger partial charge in [-0.2, -0.15) is 0 Å². The van der Waals surface area contributed by atoms with Crippen molar-refractivity contribution >= 4 is 28.1 Å². The Morgan fingerprint density at radius 2 is 2.10 bits per heavy atom. The Labute approximate surface area is 123 Å². The van der Waals surface area contributed by atoms with E-state index in [2.05, 4.69) is 5.32 Å². The van der Waals surface area contributed by atoms with Gasteiger partial charge in [-0.1, -0.05) is 23.5 Å². The van der Waals surface area contributed by atoms with E-state index in [4.69, 9.17) is 4.74 Å². The van der Waals surface area contributed by atoms with Gasteiger partial charge < -0.3 is 4.74 Å². The minimum atomic E-state index is -0.234. The van der Waals surface area contributed by atoms with Crippen LogP contribution < -0.4 is 9.88 Å². The fourth-order valence-corrected chi connectivity index (χ4v) is 2.61. The number of aryl methyl sites for hydroxylation is 1. The molecule has 1 aromatic carbocycles. The van der Waals surface area contributed by atoms with Gasteiger partial charge in [-0.25, -0.2) is 9.88 Å². The van der Waals surface area contributed by atoms with Gasteiger partial charge in [0.15, 0.2) is 0 Å². The molecule has 0 bridgehead atoms. The number of nitrogens with zero attached hydrogens (tertiary/aromatic N) is 1. The summed E-state index contributed by atoms with van der Waals surface area (Å²) in [6.45, 7) is 4.09. The highest BCUT2D eigenvalue weighted by molar-refractivity contribution is 7.13. The molecule has 2 rings (SSSR count). The molecule has 1 heterocycles. The summed E-state index contributed by atoms with van der Waals surface area (Å²) >= 11 is 1.64. The molecule has 0 fully saturated rings. The van der Waals surface area contributed by atoms with Gasteiger partial charge in [-0.3, -0.25) is 4.79 Å². The van der Waals surface area contributed by atoms with Crippen LogP contribution in [-0.4, -0.2) is 12.6 Å². The van der Waals surface area contributed by atoms with Crippen LogP contribution >= 0.6 is 11.3 Å². The summed E-state index contributed by atoms with van der Waals surface area (Å²) in [6, 6.07) is 7.87. The molecule has 20 heavy (non-hydrogen) atoms. The highest BCUT2D eigenvalue weighted by Crippen LogP contribution is 2.22. The van der Waals surface area contributed by atoms with Crippen LogP contribution in [-0.2, 0) is 16.6 Å². The highest BCUT2D eigenvalue weighted by atomic mass is 32.1.